The predicted octanol–water partition coefficient (Wildman–Crippen LogP) is 2.38. The Morgan fingerprint density at radius 2 is 1.80 bits per heavy atom. The van der Waals surface area contributed by atoms with Gasteiger partial charge in [-0.1, -0.05) is 38.1 Å². The standard InChI is InChI=1S/C27H34N4O4/c1-16(2)12-21-25(32)29-23(20-13-17-8-6-7-9-18(17)14-20)26(33)31(21)24(27(34)30(3)4)19-10-11-22(35-5)28-15-19/h6-11,15-16,20-21,23-24H,12-14H2,1-5H3,(H,29,32)/t21?,23-,24-/m1/s1. The minimum Gasteiger partial charge on any atom is -0.481 e. The fourth-order valence-electron chi connectivity index (χ4n) is 5.22. The van der Waals surface area contributed by atoms with Gasteiger partial charge in [0.2, 0.25) is 23.6 Å². The van der Waals surface area contributed by atoms with Crippen molar-refractivity contribution in [1.29, 1.82) is 0 Å². The average Bonchev–Trinajstić information content (AvgIpc) is 3.27. The average molecular weight is 479 g/mol. The van der Waals surface area contributed by atoms with E-state index in [1.54, 1.807) is 32.4 Å². The van der Waals surface area contributed by atoms with Crippen LogP contribution in [0.15, 0.2) is 42.6 Å². The molecule has 3 amide bonds. The van der Waals surface area contributed by atoms with Crippen molar-refractivity contribution in [2.24, 2.45) is 11.8 Å². The first-order valence-electron chi connectivity index (χ1n) is 12.1. The number of methoxy groups -OCH3 is 1. The number of ether oxygens (including phenoxy) is 1. The van der Waals surface area contributed by atoms with Gasteiger partial charge in [-0.3, -0.25) is 14.4 Å². The van der Waals surface area contributed by atoms with Gasteiger partial charge in [0.15, 0.2) is 0 Å². The third-order valence-electron chi connectivity index (χ3n) is 6.94. The summed E-state index contributed by atoms with van der Waals surface area (Å²) in [5.41, 5.74) is 2.96. The number of benzene rings is 1. The summed E-state index contributed by atoms with van der Waals surface area (Å²) in [6, 6.07) is 9.15. The van der Waals surface area contributed by atoms with Crippen molar-refractivity contribution in [2.75, 3.05) is 21.2 Å². The highest BCUT2D eigenvalue weighted by molar-refractivity contribution is 6.00. The molecule has 0 spiro atoms. The number of rotatable bonds is 7. The Morgan fingerprint density at radius 3 is 2.31 bits per heavy atom. The first-order chi connectivity index (χ1) is 16.7. The number of amides is 3. The summed E-state index contributed by atoms with van der Waals surface area (Å²) in [5, 5.41) is 3.03. The summed E-state index contributed by atoms with van der Waals surface area (Å²) < 4.78 is 5.18. The lowest BCUT2D eigenvalue weighted by Gasteiger charge is -2.45. The Hall–Kier alpha value is -3.42. The number of carbonyl (C=O) groups is 3. The highest BCUT2D eigenvalue weighted by Crippen LogP contribution is 2.35. The van der Waals surface area contributed by atoms with Crippen LogP contribution in [0.5, 0.6) is 5.88 Å². The van der Waals surface area contributed by atoms with E-state index >= 15 is 0 Å². The molecule has 3 atom stereocenters. The maximum absolute atomic E-state index is 14.2. The van der Waals surface area contributed by atoms with E-state index in [4.69, 9.17) is 4.74 Å². The zero-order valence-electron chi connectivity index (χ0n) is 21.0. The van der Waals surface area contributed by atoms with Crippen LogP contribution >= 0.6 is 0 Å². The first-order valence-corrected chi connectivity index (χ1v) is 12.1. The molecule has 2 heterocycles. The molecule has 35 heavy (non-hydrogen) atoms. The molecule has 0 bridgehead atoms. The highest BCUT2D eigenvalue weighted by Gasteiger charge is 2.49. The number of likely N-dealkylation sites (N-methyl/N-ethyl adjacent to an activating group) is 1. The lowest BCUT2D eigenvalue weighted by Crippen LogP contribution is -2.67. The van der Waals surface area contributed by atoms with Crippen LogP contribution in [0.2, 0.25) is 0 Å². The SMILES string of the molecule is COc1ccc([C@H](C(=O)N(C)C)N2C(=O)[C@@H](C3Cc4ccccc4C3)NC(=O)C2CC(C)C)cn1. The summed E-state index contributed by atoms with van der Waals surface area (Å²) in [7, 11) is 4.83. The second-order valence-corrected chi connectivity index (χ2v) is 10.1. The fourth-order valence-corrected chi connectivity index (χ4v) is 5.22. The van der Waals surface area contributed by atoms with Crippen LogP contribution in [0.3, 0.4) is 0 Å². The van der Waals surface area contributed by atoms with E-state index in [0.29, 0.717) is 30.7 Å². The largest absolute Gasteiger partial charge is 0.481 e. The topological polar surface area (TPSA) is 91.8 Å². The molecule has 1 aromatic carbocycles. The summed E-state index contributed by atoms with van der Waals surface area (Å²) in [6.07, 6.45) is 3.44. The van der Waals surface area contributed by atoms with Gasteiger partial charge in [-0.15, -0.1) is 0 Å². The molecule has 1 saturated heterocycles. The summed E-state index contributed by atoms with van der Waals surface area (Å²) in [6.45, 7) is 4.01. The van der Waals surface area contributed by atoms with Crippen LogP contribution in [-0.2, 0) is 27.2 Å². The van der Waals surface area contributed by atoms with Crippen molar-refractivity contribution < 1.29 is 19.1 Å². The Morgan fingerprint density at radius 1 is 1.14 bits per heavy atom. The van der Waals surface area contributed by atoms with Gasteiger partial charge in [0, 0.05) is 31.9 Å². The highest BCUT2D eigenvalue weighted by atomic mass is 16.5. The van der Waals surface area contributed by atoms with Gasteiger partial charge in [0.05, 0.1) is 7.11 Å². The number of fused-ring (bicyclic) bond motifs is 1. The van der Waals surface area contributed by atoms with E-state index in [9.17, 15) is 14.4 Å². The second-order valence-electron chi connectivity index (χ2n) is 10.1. The number of pyridine rings is 1. The van der Waals surface area contributed by atoms with Gasteiger partial charge in [-0.05, 0) is 48.3 Å². The third kappa shape index (κ3) is 4.88. The van der Waals surface area contributed by atoms with E-state index in [2.05, 4.69) is 22.4 Å². The smallest absolute Gasteiger partial charge is 0.249 e. The summed E-state index contributed by atoms with van der Waals surface area (Å²) >= 11 is 0. The molecule has 2 aromatic rings. The molecule has 0 saturated carbocycles. The Kier molecular flexibility index (Phi) is 7.10. The molecular weight excluding hydrogens is 444 g/mol. The summed E-state index contributed by atoms with van der Waals surface area (Å²) in [4.78, 5) is 48.4. The Balaban J connectivity index is 1.75. The van der Waals surface area contributed by atoms with Crippen LogP contribution in [0.4, 0.5) is 0 Å². The van der Waals surface area contributed by atoms with Crippen molar-refractivity contribution in [3.8, 4) is 5.88 Å². The van der Waals surface area contributed by atoms with E-state index in [1.807, 2.05) is 26.0 Å². The molecule has 1 aliphatic heterocycles. The molecule has 8 nitrogen and oxygen atoms in total. The molecule has 1 aliphatic carbocycles. The number of carbonyl (C=O) groups excluding carboxylic acids is 3. The predicted molar refractivity (Wildman–Crippen MR) is 132 cm³/mol. The lowest BCUT2D eigenvalue weighted by molar-refractivity contribution is -0.159. The van der Waals surface area contributed by atoms with Crippen LogP contribution < -0.4 is 10.1 Å². The van der Waals surface area contributed by atoms with Crippen LogP contribution in [0.1, 0.15) is 43.0 Å². The van der Waals surface area contributed by atoms with Gasteiger partial charge in [-0.25, -0.2) is 4.98 Å². The second kappa shape index (κ2) is 10.1. The zero-order valence-corrected chi connectivity index (χ0v) is 21.0. The molecule has 1 aromatic heterocycles. The van der Waals surface area contributed by atoms with Gasteiger partial charge < -0.3 is 19.9 Å². The van der Waals surface area contributed by atoms with Crippen LogP contribution in [0.25, 0.3) is 0 Å². The number of nitrogens with one attached hydrogen (secondary N) is 1. The minimum absolute atomic E-state index is 0.0598. The number of aromatic nitrogens is 1. The van der Waals surface area contributed by atoms with Crippen LogP contribution in [-0.4, -0.2) is 65.8 Å². The zero-order chi connectivity index (χ0) is 25.3. The van der Waals surface area contributed by atoms with Crippen molar-refractivity contribution in [3.63, 3.8) is 0 Å². The van der Waals surface area contributed by atoms with Gasteiger partial charge >= 0.3 is 0 Å². The van der Waals surface area contributed by atoms with Crippen molar-refractivity contribution in [2.45, 2.75) is 51.2 Å². The number of nitrogens with zero attached hydrogens (tertiary/aromatic N) is 3. The van der Waals surface area contributed by atoms with Crippen molar-refractivity contribution >= 4 is 17.7 Å². The molecular formula is C27H34N4O4. The summed E-state index contributed by atoms with van der Waals surface area (Å²) in [5.74, 6) is -0.204. The van der Waals surface area contributed by atoms with Gasteiger partial charge in [0.1, 0.15) is 18.1 Å². The molecule has 1 unspecified atom stereocenters. The molecule has 186 valence electrons. The Labute approximate surface area is 206 Å². The van der Waals surface area contributed by atoms with E-state index in [1.165, 1.54) is 28.0 Å². The van der Waals surface area contributed by atoms with Gasteiger partial charge in [-0.2, -0.15) is 0 Å². The molecule has 0 radical (unpaired) electrons. The maximum atomic E-state index is 14.2. The fraction of sp³-hybridized carbons (Fsp3) is 0.481. The van der Waals surface area contributed by atoms with Crippen molar-refractivity contribution in [1.82, 2.24) is 20.1 Å². The van der Waals surface area contributed by atoms with Gasteiger partial charge in [0.25, 0.3) is 0 Å². The Bertz CT molecular complexity index is 1070. The maximum Gasteiger partial charge on any atom is 0.249 e. The van der Waals surface area contributed by atoms with E-state index in [-0.39, 0.29) is 29.6 Å². The number of piperazine rings is 1. The monoisotopic (exact) mass is 478 g/mol. The first kappa shape index (κ1) is 24.7. The molecule has 1 N–H and O–H groups in total. The molecule has 2 aliphatic rings. The van der Waals surface area contributed by atoms with E-state index < -0.39 is 18.1 Å². The lowest BCUT2D eigenvalue weighted by atomic mass is 9.88. The third-order valence-corrected chi connectivity index (χ3v) is 6.94. The quantitative estimate of drug-likeness (QED) is 0.660. The van der Waals surface area contributed by atoms with Crippen molar-refractivity contribution in [3.05, 3.63) is 59.3 Å². The number of hydrogen-bond acceptors (Lipinski definition) is 5. The minimum atomic E-state index is -0.961. The molecule has 4 rings (SSSR count). The molecule has 8 heteroatoms. The molecule has 1 fully saturated rings. The number of hydrogen-bond donors (Lipinski definition) is 1. The van der Waals surface area contributed by atoms with Crippen LogP contribution in [0, 0.1) is 11.8 Å². The normalized spacial score (nSPS) is 21.0. The van der Waals surface area contributed by atoms with E-state index in [0.717, 1.165) is 0 Å².